The number of hydrogen-bond donors (Lipinski definition) is 0. The highest BCUT2D eigenvalue weighted by molar-refractivity contribution is 5.77. The normalized spacial score (nSPS) is 23.2. The van der Waals surface area contributed by atoms with E-state index in [2.05, 4.69) is 88.0 Å². The van der Waals surface area contributed by atoms with Crippen LogP contribution in [0.4, 0.5) is 0 Å². The average Bonchev–Trinajstić information content (AvgIpc) is 3.53. The number of rotatable bonds is 9. The monoisotopic (exact) mass is 590 g/mol. The number of amides is 1. The molecule has 0 aliphatic carbocycles. The Balaban J connectivity index is 1.00. The Morgan fingerprint density at radius 2 is 1.57 bits per heavy atom. The van der Waals surface area contributed by atoms with Crippen LogP contribution in [0.25, 0.3) is 11.0 Å². The van der Waals surface area contributed by atoms with E-state index in [0.29, 0.717) is 24.5 Å². The first-order valence-electron chi connectivity index (χ1n) is 16.7. The fourth-order valence-corrected chi connectivity index (χ4v) is 8.65. The Hall–Kier alpha value is -3.64. The van der Waals surface area contributed by atoms with Gasteiger partial charge in [0.2, 0.25) is 5.91 Å². The molecular weight excluding hydrogens is 544 g/mol. The molecule has 0 N–H and O–H groups in total. The highest BCUT2D eigenvalue weighted by Crippen LogP contribution is 2.45. The van der Waals surface area contributed by atoms with Gasteiger partial charge in [0.05, 0.1) is 18.1 Å². The Labute approximate surface area is 262 Å². The molecule has 44 heavy (non-hydrogen) atoms. The molecule has 3 aliphatic heterocycles. The van der Waals surface area contributed by atoms with Crippen molar-refractivity contribution in [2.45, 2.75) is 88.3 Å². The number of benzene rings is 3. The van der Waals surface area contributed by atoms with Gasteiger partial charge in [-0.25, -0.2) is 4.98 Å². The van der Waals surface area contributed by atoms with Crippen molar-refractivity contribution in [2.75, 3.05) is 26.7 Å². The number of aromatic nitrogens is 2. The zero-order chi connectivity index (χ0) is 30.1. The summed E-state index contributed by atoms with van der Waals surface area (Å²) in [5, 5.41) is 0. The summed E-state index contributed by atoms with van der Waals surface area (Å²) in [6.07, 6.45) is 9.62. The van der Waals surface area contributed by atoms with Gasteiger partial charge in [0.1, 0.15) is 11.6 Å². The maximum Gasteiger partial charge on any atom is 0.222 e. The molecule has 4 aromatic rings. The minimum Gasteiger partial charge on any atom is -0.497 e. The molecule has 230 valence electrons. The number of nitrogens with zero attached hydrogens (tertiary/aromatic N) is 4. The van der Waals surface area contributed by atoms with Crippen LogP contribution < -0.4 is 4.74 Å². The van der Waals surface area contributed by atoms with E-state index in [1.807, 2.05) is 12.1 Å². The van der Waals surface area contributed by atoms with Crippen LogP contribution in [-0.4, -0.2) is 64.1 Å². The maximum absolute atomic E-state index is 13.3. The Morgan fingerprint density at radius 3 is 2.27 bits per heavy atom. The summed E-state index contributed by atoms with van der Waals surface area (Å²) in [4.78, 5) is 23.1. The van der Waals surface area contributed by atoms with Gasteiger partial charge in [-0.3, -0.25) is 9.69 Å². The summed E-state index contributed by atoms with van der Waals surface area (Å²) in [5.41, 5.74) is 5.17. The Morgan fingerprint density at radius 1 is 0.886 bits per heavy atom. The third-order valence-corrected chi connectivity index (χ3v) is 11.1. The van der Waals surface area contributed by atoms with Gasteiger partial charge in [0.15, 0.2) is 0 Å². The standard InChI is InChI=1S/C38H46N4O2/c1-28-39-35-10-6-7-11-36(35)42(28)33-26-31-15-16-32(27-33)41(31)25-22-38(30-8-4-3-5-9-30)20-23-40(24-21-38)37(43)19-14-29-12-17-34(44-2)18-13-29/h3-13,17-18,31-33H,14-16,19-27H2,1-2H3. The van der Waals surface area contributed by atoms with E-state index in [1.165, 1.54) is 42.3 Å². The third kappa shape index (κ3) is 5.65. The van der Waals surface area contributed by atoms with Crippen LogP contribution in [0.5, 0.6) is 5.75 Å². The summed E-state index contributed by atoms with van der Waals surface area (Å²) in [6.45, 7) is 5.01. The molecule has 1 aromatic heterocycles. The number of carbonyl (C=O) groups excluding carboxylic acids is 1. The van der Waals surface area contributed by atoms with Crippen molar-refractivity contribution in [3.8, 4) is 5.75 Å². The van der Waals surface area contributed by atoms with Crippen LogP contribution in [0.1, 0.15) is 74.4 Å². The predicted molar refractivity (Wildman–Crippen MR) is 176 cm³/mol. The van der Waals surface area contributed by atoms with Crippen molar-refractivity contribution < 1.29 is 9.53 Å². The van der Waals surface area contributed by atoms with Gasteiger partial charge in [0, 0.05) is 37.6 Å². The SMILES string of the molecule is COc1ccc(CCC(=O)N2CCC(CCN3C4CCC3CC(n3c(C)nc5ccccc53)C4)(c3ccccc3)CC2)cc1. The van der Waals surface area contributed by atoms with Crippen LogP contribution in [-0.2, 0) is 16.6 Å². The molecule has 1 amide bonds. The van der Waals surface area contributed by atoms with Gasteiger partial charge in [-0.2, -0.15) is 0 Å². The molecule has 2 unspecified atom stereocenters. The summed E-state index contributed by atoms with van der Waals surface area (Å²) < 4.78 is 7.81. The minimum atomic E-state index is 0.126. The van der Waals surface area contributed by atoms with Gasteiger partial charge < -0.3 is 14.2 Å². The predicted octanol–water partition coefficient (Wildman–Crippen LogP) is 7.10. The Bertz CT molecular complexity index is 1560. The van der Waals surface area contributed by atoms with Gasteiger partial charge >= 0.3 is 0 Å². The van der Waals surface area contributed by atoms with E-state index in [0.717, 1.165) is 62.4 Å². The molecule has 4 heterocycles. The summed E-state index contributed by atoms with van der Waals surface area (Å²) in [6, 6.07) is 29.7. The smallest absolute Gasteiger partial charge is 0.222 e. The first-order valence-corrected chi connectivity index (χ1v) is 16.7. The van der Waals surface area contributed by atoms with Gasteiger partial charge in [-0.1, -0.05) is 54.6 Å². The fraction of sp³-hybridized carbons (Fsp3) is 0.474. The second-order valence-electron chi connectivity index (χ2n) is 13.4. The number of aryl methyl sites for hydroxylation is 2. The molecule has 0 saturated carbocycles. The lowest BCUT2D eigenvalue weighted by atomic mass is 9.70. The van der Waals surface area contributed by atoms with Crippen LogP contribution >= 0.6 is 0 Å². The molecule has 6 heteroatoms. The zero-order valence-electron chi connectivity index (χ0n) is 26.3. The van der Waals surface area contributed by atoms with Crippen LogP contribution in [0.3, 0.4) is 0 Å². The highest BCUT2D eigenvalue weighted by Gasteiger charge is 2.44. The molecule has 0 radical (unpaired) electrons. The van der Waals surface area contributed by atoms with Gasteiger partial charge in [-0.05, 0) is 106 Å². The number of methoxy groups -OCH3 is 1. The van der Waals surface area contributed by atoms with E-state index in [4.69, 9.17) is 9.72 Å². The van der Waals surface area contributed by atoms with Crippen molar-refractivity contribution in [2.24, 2.45) is 0 Å². The highest BCUT2D eigenvalue weighted by atomic mass is 16.5. The molecule has 3 saturated heterocycles. The molecule has 2 atom stereocenters. The second kappa shape index (κ2) is 12.4. The van der Waals surface area contributed by atoms with Crippen molar-refractivity contribution in [3.63, 3.8) is 0 Å². The van der Waals surface area contributed by atoms with Crippen molar-refractivity contribution in [1.29, 1.82) is 0 Å². The number of para-hydroxylation sites is 2. The van der Waals surface area contributed by atoms with E-state index >= 15 is 0 Å². The number of imidazole rings is 1. The lowest BCUT2D eigenvalue weighted by Crippen LogP contribution is -2.49. The molecule has 3 aromatic carbocycles. The lowest BCUT2D eigenvalue weighted by Gasteiger charge is -2.45. The molecule has 3 aliphatic rings. The molecule has 6 nitrogen and oxygen atoms in total. The summed E-state index contributed by atoms with van der Waals surface area (Å²) >= 11 is 0. The topological polar surface area (TPSA) is 50.6 Å². The second-order valence-corrected chi connectivity index (χ2v) is 13.4. The summed E-state index contributed by atoms with van der Waals surface area (Å²) in [5.74, 6) is 2.29. The van der Waals surface area contributed by atoms with Gasteiger partial charge in [-0.15, -0.1) is 0 Å². The molecule has 7 rings (SSSR count). The Kier molecular flexibility index (Phi) is 8.19. The fourth-order valence-electron chi connectivity index (χ4n) is 8.65. The van der Waals surface area contributed by atoms with Crippen molar-refractivity contribution in [3.05, 3.63) is 95.8 Å². The van der Waals surface area contributed by atoms with E-state index < -0.39 is 0 Å². The van der Waals surface area contributed by atoms with E-state index in [1.54, 1.807) is 7.11 Å². The van der Waals surface area contributed by atoms with Crippen molar-refractivity contribution in [1.82, 2.24) is 19.4 Å². The van der Waals surface area contributed by atoms with Crippen molar-refractivity contribution >= 4 is 16.9 Å². The van der Waals surface area contributed by atoms with Crippen LogP contribution in [0.2, 0.25) is 0 Å². The molecule has 2 bridgehead atoms. The van der Waals surface area contributed by atoms with Crippen LogP contribution in [0.15, 0.2) is 78.9 Å². The molecule has 3 fully saturated rings. The quantitative estimate of drug-likeness (QED) is 0.209. The number of likely N-dealkylation sites (tertiary alicyclic amines) is 1. The molecule has 0 spiro atoms. The molecular formula is C38H46N4O2. The number of hydrogen-bond acceptors (Lipinski definition) is 4. The van der Waals surface area contributed by atoms with E-state index in [-0.39, 0.29) is 11.3 Å². The zero-order valence-corrected chi connectivity index (χ0v) is 26.3. The number of ether oxygens (including phenoxy) is 1. The first kappa shape index (κ1) is 29.1. The maximum atomic E-state index is 13.3. The van der Waals surface area contributed by atoms with E-state index in [9.17, 15) is 4.79 Å². The average molecular weight is 591 g/mol. The number of fused-ring (bicyclic) bond motifs is 3. The minimum absolute atomic E-state index is 0.126. The first-order chi connectivity index (χ1) is 21.5. The van der Waals surface area contributed by atoms with Gasteiger partial charge in [0.25, 0.3) is 0 Å². The number of piperidine rings is 2. The third-order valence-electron chi connectivity index (χ3n) is 11.1. The van der Waals surface area contributed by atoms with Crippen LogP contribution in [0, 0.1) is 6.92 Å². The number of carbonyl (C=O) groups is 1. The summed E-state index contributed by atoms with van der Waals surface area (Å²) in [7, 11) is 1.68. The lowest BCUT2D eigenvalue weighted by molar-refractivity contribution is -0.132. The largest absolute Gasteiger partial charge is 0.497 e.